The minimum Gasteiger partial charge on any atom is -0.454 e. The number of Topliss-reactive ketones (excluding diaryl/α,β-unsaturated/α-hetero) is 2. The van der Waals surface area contributed by atoms with Gasteiger partial charge in [-0.3, -0.25) is 14.4 Å². The number of ketones is 2. The summed E-state index contributed by atoms with van der Waals surface area (Å²) in [6, 6.07) is 0. The minimum absolute atomic E-state index is 0.146. The second kappa shape index (κ2) is 4.82. The number of carbonyl (C=O) groups excluding carboxylic acids is 4. The summed E-state index contributed by atoms with van der Waals surface area (Å²) < 4.78 is 10.6. The average Bonchev–Trinajstić information content (AvgIpc) is 2.82. The third kappa shape index (κ3) is 1.72. The Morgan fingerprint density at radius 2 is 1.85 bits per heavy atom. The van der Waals surface area contributed by atoms with E-state index in [4.69, 9.17) is 9.47 Å². The van der Waals surface area contributed by atoms with Crippen molar-refractivity contribution in [2.24, 2.45) is 28.6 Å². The molecule has 2 saturated carbocycles. The summed E-state index contributed by atoms with van der Waals surface area (Å²) in [5, 5.41) is 11.1. The predicted octanol–water partition coefficient (Wildman–Crippen LogP) is 0.930. The van der Waals surface area contributed by atoms with Gasteiger partial charge in [-0.2, -0.15) is 0 Å². The van der Waals surface area contributed by atoms with Crippen LogP contribution in [0.4, 0.5) is 0 Å². The third-order valence-corrected chi connectivity index (χ3v) is 7.02. The van der Waals surface area contributed by atoms with Crippen LogP contribution in [0.2, 0.25) is 0 Å². The summed E-state index contributed by atoms with van der Waals surface area (Å²) >= 11 is 0. The van der Waals surface area contributed by atoms with Gasteiger partial charge in [0, 0.05) is 24.3 Å². The van der Waals surface area contributed by atoms with Crippen LogP contribution in [-0.4, -0.2) is 40.5 Å². The molecule has 6 atom stereocenters. The lowest BCUT2D eigenvalue weighted by Gasteiger charge is -2.55. The Hall–Kier alpha value is -2.02. The summed E-state index contributed by atoms with van der Waals surface area (Å²) in [6.07, 6.45) is 0.498. The smallest absolute Gasteiger partial charge is 0.333 e. The van der Waals surface area contributed by atoms with E-state index < -0.39 is 58.2 Å². The van der Waals surface area contributed by atoms with Crippen LogP contribution in [0.5, 0.6) is 0 Å². The first-order chi connectivity index (χ1) is 12.0. The zero-order chi connectivity index (χ0) is 19.2. The Labute approximate surface area is 150 Å². The molecule has 3 unspecified atom stereocenters. The van der Waals surface area contributed by atoms with Gasteiger partial charge < -0.3 is 14.6 Å². The molecule has 3 fully saturated rings. The van der Waals surface area contributed by atoms with E-state index in [0.717, 1.165) is 6.08 Å². The Morgan fingerprint density at radius 3 is 2.46 bits per heavy atom. The molecule has 26 heavy (non-hydrogen) atoms. The molecular formula is C19H22O7. The molecule has 4 rings (SSSR count). The third-order valence-electron chi connectivity index (χ3n) is 7.02. The van der Waals surface area contributed by atoms with Crippen molar-refractivity contribution < 1.29 is 33.8 Å². The highest BCUT2D eigenvalue weighted by Gasteiger charge is 2.74. The monoisotopic (exact) mass is 362 g/mol. The van der Waals surface area contributed by atoms with Crippen molar-refractivity contribution in [3.63, 3.8) is 0 Å². The SMILES string of the molecule is CC(C)C1(O)OC(=O)C=C2C1C(=O)[C@H]1OC(=O)[C@@]3(C)CCC(=O)[C@@]2(C)C13. The second-order valence-corrected chi connectivity index (χ2v) is 8.61. The van der Waals surface area contributed by atoms with E-state index in [1.54, 1.807) is 27.7 Å². The molecule has 2 aliphatic carbocycles. The standard InChI is InChI=1S/C19H22O7/c1-8(2)19(24)12-9(7-11(21)26-19)18(4)10(20)5-6-17(3)15(18)14(13(12)22)25-16(17)23/h7-8,12,14-15,24H,5-6H2,1-4H3/t12?,14-,15?,17+,18+,19?/m1/s1. The quantitative estimate of drug-likeness (QED) is 0.692. The van der Waals surface area contributed by atoms with E-state index in [9.17, 15) is 24.3 Å². The lowest BCUT2D eigenvalue weighted by atomic mass is 9.46. The fourth-order valence-corrected chi connectivity index (χ4v) is 5.45. The summed E-state index contributed by atoms with van der Waals surface area (Å²) in [4.78, 5) is 51.0. The number of esters is 2. The van der Waals surface area contributed by atoms with E-state index >= 15 is 0 Å². The van der Waals surface area contributed by atoms with E-state index in [-0.39, 0.29) is 17.8 Å². The van der Waals surface area contributed by atoms with Gasteiger partial charge in [-0.1, -0.05) is 13.8 Å². The average molecular weight is 362 g/mol. The maximum Gasteiger partial charge on any atom is 0.333 e. The molecule has 0 spiro atoms. The first-order valence-corrected chi connectivity index (χ1v) is 8.93. The highest BCUT2D eigenvalue weighted by Crippen LogP contribution is 2.64. The van der Waals surface area contributed by atoms with Crippen molar-refractivity contribution in [2.45, 2.75) is 52.4 Å². The van der Waals surface area contributed by atoms with Crippen molar-refractivity contribution in [2.75, 3.05) is 0 Å². The molecule has 0 aromatic heterocycles. The Bertz CT molecular complexity index is 796. The first-order valence-electron chi connectivity index (χ1n) is 8.93. The van der Waals surface area contributed by atoms with Crippen molar-refractivity contribution >= 4 is 23.5 Å². The van der Waals surface area contributed by atoms with E-state index in [1.165, 1.54) is 0 Å². The van der Waals surface area contributed by atoms with E-state index in [2.05, 4.69) is 0 Å². The van der Waals surface area contributed by atoms with E-state index in [1.807, 2.05) is 0 Å². The first kappa shape index (κ1) is 17.4. The van der Waals surface area contributed by atoms with Crippen molar-refractivity contribution in [3.05, 3.63) is 11.6 Å². The van der Waals surface area contributed by atoms with Crippen LogP contribution in [0.1, 0.15) is 40.5 Å². The number of hydrogen-bond donors (Lipinski definition) is 1. The van der Waals surface area contributed by atoms with Gasteiger partial charge in [-0.15, -0.1) is 0 Å². The fourth-order valence-electron chi connectivity index (χ4n) is 5.45. The van der Waals surface area contributed by atoms with Crippen LogP contribution in [0.3, 0.4) is 0 Å². The van der Waals surface area contributed by atoms with Crippen molar-refractivity contribution in [1.29, 1.82) is 0 Å². The highest BCUT2D eigenvalue weighted by molar-refractivity contribution is 6.05. The highest BCUT2D eigenvalue weighted by atomic mass is 16.7. The fraction of sp³-hybridized carbons (Fsp3) is 0.684. The molecule has 1 N–H and O–H groups in total. The maximum absolute atomic E-state index is 13.3. The van der Waals surface area contributed by atoms with Gasteiger partial charge in [0.15, 0.2) is 11.9 Å². The molecular weight excluding hydrogens is 340 g/mol. The minimum atomic E-state index is -2.07. The predicted molar refractivity (Wildman–Crippen MR) is 86.3 cm³/mol. The second-order valence-electron chi connectivity index (χ2n) is 8.61. The van der Waals surface area contributed by atoms with Gasteiger partial charge in [0.25, 0.3) is 0 Å². The lowest BCUT2D eigenvalue weighted by molar-refractivity contribution is -0.251. The summed E-state index contributed by atoms with van der Waals surface area (Å²) in [7, 11) is 0. The maximum atomic E-state index is 13.3. The molecule has 0 amide bonds. The number of rotatable bonds is 1. The molecule has 7 heteroatoms. The molecule has 0 bridgehead atoms. The summed E-state index contributed by atoms with van der Waals surface area (Å²) in [6.45, 7) is 6.64. The summed E-state index contributed by atoms with van der Waals surface area (Å²) in [5.74, 6) is -6.50. The van der Waals surface area contributed by atoms with Crippen LogP contribution in [0, 0.1) is 28.6 Å². The van der Waals surface area contributed by atoms with Gasteiger partial charge in [-0.25, -0.2) is 4.79 Å². The van der Waals surface area contributed by atoms with Crippen molar-refractivity contribution in [1.82, 2.24) is 0 Å². The van der Waals surface area contributed by atoms with E-state index in [0.29, 0.717) is 6.42 Å². The number of cyclic esters (lactones) is 1. The molecule has 4 aliphatic rings. The van der Waals surface area contributed by atoms with Crippen LogP contribution >= 0.6 is 0 Å². The zero-order valence-electron chi connectivity index (χ0n) is 15.2. The number of aliphatic hydroxyl groups is 1. The van der Waals surface area contributed by atoms with Gasteiger partial charge in [0.1, 0.15) is 11.7 Å². The molecule has 2 aliphatic heterocycles. The van der Waals surface area contributed by atoms with Gasteiger partial charge in [0.2, 0.25) is 5.79 Å². The van der Waals surface area contributed by atoms with Crippen LogP contribution in [-0.2, 0) is 28.7 Å². The molecule has 7 nitrogen and oxygen atoms in total. The van der Waals surface area contributed by atoms with Crippen LogP contribution in [0.25, 0.3) is 0 Å². The Morgan fingerprint density at radius 1 is 1.19 bits per heavy atom. The summed E-state index contributed by atoms with van der Waals surface area (Å²) in [5.41, 5.74) is -1.94. The number of carbonyl (C=O) groups is 4. The zero-order valence-corrected chi connectivity index (χ0v) is 15.2. The molecule has 0 radical (unpaired) electrons. The van der Waals surface area contributed by atoms with Crippen molar-refractivity contribution in [3.8, 4) is 0 Å². The van der Waals surface area contributed by atoms with Gasteiger partial charge in [-0.05, 0) is 25.8 Å². The largest absolute Gasteiger partial charge is 0.454 e. The Kier molecular flexibility index (Phi) is 3.23. The lowest BCUT2D eigenvalue weighted by Crippen LogP contribution is -2.66. The van der Waals surface area contributed by atoms with Gasteiger partial charge in [0.05, 0.1) is 10.8 Å². The molecule has 1 saturated heterocycles. The molecule has 0 aromatic rings. The Balaban J connectivity index is 2.00. The molecule has 140 valence electrons. The molecule has 2 heterocycles. The normalized spacial score (nSPS) is 47.2. The number of fused-ring (bicyclic) bond motifs is 2. The topological polar surface area (TPSA) is 107 Å². The number of hydrogen-bond acceptors (Lipinski definition) is 7. The van der Waals surface area contributed by atoms with Gasteiger partial charge >= 0.3 is 11.9 Å². The molecule has 0 aromatic carbocycles. The number of ether oxygens (including phenoxy) is 2. The van der Waals surface area contributed by atoms with Crippen LogP contribution < -0.4 is 0 Å². The van der Waals surface area contributed by atoms with Crippen LogP contribution in [0.15, 0.2) is 11.6 Å².